The highest BCUT2D eigenvalue weighted by Crippen LogP contribution is 2.30. The zero-order valence-electron chi connectivity index (χ0n) is 16.7. The molecule has 27 heavy (non-hydrogen) atoms. The third-order valence-electron chi connectivity index (χ3n) is 5.11. The summed E-state index contributed by atoms with van der Waals surface area (Å²) < 4.78 is 0. The molecule has 1 aliphatic heterocycles. The number of hydrogen-bond acceptors (Lipinski definition) is 4. The lowest BCUT2D eigenvalue weighted by Crippen LogP contribution is -2.32. The van der Waals surface area contributed by atoms with Crippen LogP contribution in [0.25, 0.3) is 0 Å². The lowest BCUT2D eigenvalue weighted by atomic mass is 9.85. The first kappa shape index (κ1) is 22.8. The number of aryl methyl sites for hydroxylation is 1. The van der Waals surface area contributed by atoms with E-state index in [0.717, 1.165) is 38.9 Å². The standard InChI is InChI=1S/C19H30N2O.C2H3NO2/c1-4-6-16(3)21(14-22)13-19-15(2)7-5-8-18(19)17-9-11-20-12-10-17;4-1-3-2-5/h5,7-8,14,16-17,20H,4,6,9-13H2,1-3H3;1-2H,(H,3,4,5). The molecule has 6 nitrogen and oxygen atoms in total. The Morgan fingerprint density at radius 3 is 2.41 bits per heavy atom. The number of benzene rings is 1. The Morgan fingerprint density at radius 2 is 1.89 bits per heavy atom. The Labute approximate surface area is 162 Å². The molecule has 1 atom stereocenters. The minimum Gasteiger partial charge on any atom is -0.338 e. The maximum atomic E-state index is 11.5. The molecule has 0 aliphatic carbocycles. The van der Waals surface area contributed by atoms with Crippen LogP contribution >= 0.6 is 0 Å². The second-order valence-corrected chi connectivity index (χ2v) is 6.98. The topological polar surface area (TPSA) is 78.5 Å². The minimum absolute atomic E-state index is 0.308. The fourth-order valence-electron chi connectivity index (χ4n) is 3.55. The molecule has 0 bridgehead atoms. The van der Waals surface area contributed by atoms with Crippen LogP contribution in [0, 0.1) is 6.92 Å². The first-order valence-electron chi connectivity index (χ1n) is 9.72. The van der Waals surface area contributed by atoms with Gasteiger partial charge in [-0.15, -0.1) is 0 Å². The Balaban J connectivity index is 0.000000646. The zero-order valence-corrected chi connectivity index (χ0v) is 16.7. The van der Waals surface area contributed by atoms with Crippen molar-refractivity contribution in [1.82, 2.24) is 15.5 Å². The molecule has 150 valence electrons. The van der Waals surface area contributed by atoms with Gasteiger partial charge in [-0.2, -0.15) is 0 Å². The van der Waals surface area contributed by atoms with E-state index in [-0.39, 0.29) is 0 Å². The van der Waals surface area contributed by atoms with Gasteiger partial charge in [-0.25, -0.2) is 0 Å². The van der Waals surface area contributed by atoms with Gasteiger partial charge in [0.05, 0.1) is 0 Å². The van der Waals surface area contributed by atoms with E-state index in [1.165, 1.54) is 29.5 Å². The van der Waals surface area contributed by atoms with Crippen molar-refractivity contribution in [2.75, 3.05) is 13.1 Å². The molecule has 3 amide bonds. The number of carbonyl (C=O) groups excluding carboxylic acids is 3. The fraction of sp³-hybridized carbons (Fsp3) is 0.571. The van der Waals surface area contributed by atoms with E-state index in [1.54, 1.807) is 5.32 Å². The first-order chi connectivity index (χ1) is 13.1. The summed E-state index contributed by atoms with van der Waals surface area (Å²) in [5.74, 6) is 0.631. The van der Waals surface area contributed by atoms with Crippen LogP contribution in [-0.4, -0.2) is 43.3 Å². The molecular weight excluding hydrogens is 342 g/mol. The Morgan fingerprint density at radius 1 is 1.22 bits per heavy atom. The van der Waals surface area contributed by atoms with Crippen molar-refractivity contribution in [1.29, 1.82) is 0 Å². The predicted molar refractivity (Wildman–Crippen MR) is 107 cm³/mol. The van der Waals surface area contributed by atoms with Crippen molar-refractivity contribution >= 4 is 19.2 Å². The number of nitrogens with zero attached hydrogens (tertiary/aromatic N) is 1. The maximum absolute atomic E-state index is 11.5. The molecule has 0 saturated carbocycles. The van der Waals surface area contributed by atoms with E-state index in [0.29, 0.717) is 24.8 Å². The Bertz CT molecular complexity index is 580. The molecule has 1 aliphatic rings. The lowest BCUT2D eigenvalue weighted by Gasteiger charge is -2.30. The summed E-state index contributed by atoms with van der Waals surface area (Å²) in [6.07, 6.45) is 6.22. The molecule has 1 aromatic rings. The summed E-state index contributed by atoms with van der Waals surface area (Å²) in [5.41, 5.74) is 4.13. The van der Waals surface area contributed by atoms with Crippen LogP contribution in [0.2, 0.25) is 0 Å². The van der Waals surface area contributed by atoms with Crippen LogP contribution in [0.15, 0.2) is 18.2 Å². The van der Waals surface area contributed by atoms with E-state index in [2.05, 4.69) is 44.3 Å². The van der Waals surface area contributed by atoms with Crippen LogP contribution in [0.1, 0.15) is 62.1 Å². The number of carbonyl (C=O) groups is 3. The summed E-state index contributed by atoms with van der Waals surface area (Å²) in [6.45, 7) is 9.45. The number of amides is 3. The Hall–Kier alpha value is -2.21. The van der Waals surface area contributed by atoms with E-state index < -0.39 is 0 Å². The second-order valence-electron chi connectivity index (χ2n) is 6.98. The molecule has 0 radical (unpaired) electrons. The van der Waals surface area contributed by atoms with Crippen LogP contribution < -0.4 is 10.6 Å². The van der Waals surface area contributed by atoms with Gasteiger partial charge in [0, 0.05) is 12.6 Å². The van der Waals surface area contributed by atoms with Crippen LogP contribution in [-0.2, 0) is 20.9 Å². The summed E-state index contributed by atoms with van der Waals surface area (Å²) in [4.78, 5) is 31.6. The summed E-state index contributed by atoms with van der Waals surface area (Å²) in [7, 11) is 0. The van der Waals surface area contributed by atoms with Gasteiger partial charge in [0.15, 0.2) is 0 Å². The third kappa shape index (κ3) is 7.51. The van der Waals surface area contributed by atoms with Gasteiger partial charge in [0.2, 0.25) is 19.2 Å². The molecule has 1 unspecified atom stereocenters. The fourth-order valence-corrected chi connectivity index (χ4v) is 3.55. The number of imide groups is 1. The highest BCUT2D eigenvalue weighted by Gasteiger charge is 2.21. The number of piperidine rings is 1. The third-order valence-corrected chi connectivity index (χ3v) is 5.11. The van der Waals surface area contributed by atoms with Gasteiger partial charge in [-0.05, 0) is 68.8 Å². The van der Waals surface area contributed by atoms with Crippen molar-refractivity contribution in [2.24, 2.45) is 0 Å². The first-order valence-corrected chi connectivity index (χ1v) is 9.72. The van der Waals surface area contributed by atoms with Crippen LogP contribution in [0.4, 0.5) is 0 Å². The Kier molecular flexibility index (Phi) is 11.0. The summed E-state index contributed by atoms with van der Waals surface area (Å²) in [5, 5.41) is 5.19. The monoisotopic (exact) mass is 375 g/mol. The number of nitrogens with one attached hydrogen (secondary N) is 2. The van der Waals surface area contributed by atoms with Crippen molar-refractivity contribution < 1.29 is 14.4 Å². The molecule has 0 aromatic heterocycles. The molecule has 1 heterocycles. The second kappa shape index (κ2) is 13.0. The van der Waals surface area contributed by atoms with Crippen molar-refractivity contribution in [3.05, 3.63) is 34.9 Å². The summed E-state index contributed by atoms with van der Waals surface area (Å²) >= 11 is 0. The van der Waals surface area contributed by atoms with E-state index in [1.807, 2.05) is 4.90 Å². The molecule has 1 aromatic carbocycles. The van der Waals surface area contributed by atoms with Crippen LogP contribution in [0.3, 0.4) is 0 Å². The van der Waals surface area contributed by atoms with Gasteiger partial charge >= 0.3 is 0 Å². The highest BCUT2D eigenvalue weighted by molar-refractivity contribution is 5.67. The van der Waals surface area contributed by atoms with Gasteiger partial charge in [0.1, 0.15) is 0 Å². The van der Waals surface area contributed by atoms with Gasteiger partial charge in [-0.3, -0.25) is 14.4 Å². The molecule has 6 heteroatoms. The normalized spacial score (nSPS) is 15.1. The molecule has 2 N–H and O–H groups in total. The molecule has 2 rings (SSSR count). The van der Waals surface area contributed by atoms with Crippen LogP contribution in [0.5, 0.6) is 0 Å². The molecular formula is C21H33N3O3. The van der Waals surface area contributed by atoms with Gasteiger partial charge in [-0.1, -0.05) is 31.5 Å². The quantitative estimate of drug-likeness (QED) is 0.650. The van der Waals surface area contributed by atoms with Crippen molar-refractivity contribution in [3.8, 4) is 0 Å². The molecule has 1 fully saturated rings. The maximum Gasteiger partial charge on any atom is 0.213 e. The SMILES string of the molecule is CCCC(C)N(C=O)Cc1c(C)cccc1C1CCNCC1.O=CNC=O. The van der Waals surface area contributed by atoms with Gasteiger partial charge < -0.3 is 15.5 Å². The smallest absolute Gasteiger partial charge is 0.213 e. The molecule has 1 saturated heterocycles. The van der Waals surface area contributed by atoms with E-state index in [9.17, 15) is 4.79 Å². The number of hydrogen-bond donors (Lipinski definition) is 2. The zero-order chi connectivity index (χ0) is 20.1. The van der Waals surface area contributed by atoms with E-state index >= 15 is 0 Å². The predicted octanol–water partition coefficient (Wildman–Crippen LogP) is 2.50. The largest absolute Gasteiger partial charge is 0.338 e. The number of rotatable bonds is 9. The van der Waals surface area contributed by atoms with Crippen molar-refractivity contribution in [3.63, 3.8) is 0 Å². The lowest BCUT2D eigenvalue weighted by molar-refractivity contribution is -0.121. The minimum atomic E-state index is 0.308. The average molecular weight is 376 g/mol. The van der Waals surface area contributed by atoms with Gasteiger partial charge in [0.25, 0.3) is 0 Å². The highest BCUT2D eigenvalue weighted by atomic mass is 16.2. The summed E-state index contributed by atoms with van der Waals surface area (Å²) in [6, 6.07) is 6.92. The van der Waals surface area contributed by atoms with Crippen molar-refractivity contribution in [2.45, 2.75) is 65.0 Å². The molecule has 0 spiro atoms. The van der Waals surface area contributed by atoms with E-state index in [4.69, 9.17) is 9.59 Å². The average Bonchev–Trinajstić information content (AvgIpc) is 2.69.